The number of thiophene rings is 1. The lowest BCUT2D eigenvalue weighted by atomic mass is 10.00. The minimum atomic E-state index is -0.744. The van der Waals surface area contributed by atoms with Gasteiger partial charge in [0.15, 0.2) is 12.0 Å². The van der Waals surface area contributed by atoms with Crippen LogP contribution in [0.25, 0.3) is 5.00 Å². The molecule has 4 aromatic rings. The summed E-state index contributed by atoms with van der Waals surface area (Å²) in [5, 5.41) is 20.7. The maximum Gasteiger partial charge on any atom is 0.255 e. The monoisotopic (exact) mass is 867 g/mol. The third-order valence-electron chi connectivity index (χ3n) is 11.5. The molecular formula is C42H46ClN11O6S. The van der Waals surface area contributed by atoms with Crippen LogP contribution in [-0.2, 0) is 30.5 Å². The second kappa shape index (κ2) is 17.6. The van der Waals surface area contributed by atoms with Crippen molar-refractivity contribution >= 4 is 69.8 Å². The fourth-order valence-electron chi connectivity index (χ4n) is 8.18. The van der Waals surface area contributed by atoms with Gasteiger partial charge in [0.1, 0.15) is 16.9 Å². The zero-order valence-corrected chi connectivity index (χ0v) is 35.6. The number of carbonyl (C=O) groups is 6. The lowest BCUT2D eigenvalue weighted by molar-refractivity contribution is -0.137. The number of hydrazine groups is 1. The number of anilines is 1. The lowest BCUT2D eigenvalue weighted by Crippen LogP contribution is -2.56. The van der Waals surface area contributed by atoms with E-state index >= 15 is 0 Å². The number of halogens is 1. The molecule has 2 atom stereocenters. The van der Waals surface area contributed by atoms with Crippen molar-refractivity contribution in [2.45, 2.75) is 78.0 Å². The molecule has 318 valence electrons. The number of benzene rings is 2. The molecule has 1 unspecified atom stereocenters. The Morgan fingerprint density at radius 2 is 1.69 bits per heavy atom. The SMILES string of the molecule is Cc1sc2c(c1C)C(c1ccc(Cl)cc1)=N[C@@H](NCC(=O)NN1CCN(C(=O)CCCCC(=O)Nc3cccc4c3CN(C3CCC(=O)NC3=O)C4=O)CC1)c1nnc(C)n1-2. The number of imide groups is 1. The van der Waals surface area contributed by atoms with Crippen LogP contribution in [0, 0.1) is 20.8 Å². The highest BCUT2D eigenvalue weighted by Gasteiger charge is 2.40. The predicted molar refractivity (Wildman–Crippen MR) is 227 cm³/mol. The van der Waals surface area contributed by atoms with Gasteiger partial charge in [0.2, 0.25) is 29.5 Å². The van der Waals surface area contributed by atoms with Crippen molar-refractivity contribution in [1.29, 1.82) is 0 Å². The summed E-state index contributed by atoms with van der Waals surface area (Å²) in [5.41, 5.74) is 8.29. The summed E-state index contributed by atoms with van der Waals surface area (Å²) in [4.78, 5) is 86.0. The van der Waals surface area contributed by atoms with Crippen LogP contribution in [0.4, 0.5) is 5.69 Å². The molecule has 19 heteroatoms. The average Bonchev–Trinajstić information content (AvgIpc) is 3.85. The molecule has 0 aliphatic carbocycles. The first-order chi connectivity index (χ1) is 29.4. The number of nitrogens with zero attached hydrogens (tertiary/aromatic N) is 7. The fraction of sp³-hybridized carbons (Fsp3) is 0.405. The van der Waals surface area contributed by atoms with Crippen LogP contribution in [0.2, 0.25) is 5.02 Å². The van der Waals surface area contributed by atoms with Gasteiger partial charge >= 0.3 is 0 Å². The van der Waals surface area contributed by atoms with Crippen molar-refractivity contribution < 1.29 is 28.8 Å². The van der Waals surface area contributed by atoms with E-state index in [1.165, 1.54) is 4.90 Å². The third kappa shape index (κ3) is 8.70. The van der Waals surface area contributed by atoms with Crippen LogP contribution in [0.3, 0.4) is 0 Å². The van der Waals surface area contributed by atoms with Crippen LogP contribution < -0.4 is 21.4 Å². The smallest absolute Gasteiger partial charge is 0.255 e. The highest BCUT2D eigenvalue weighted by atomic mass is 35.5. The summed E-state index contributed by atoms with van der Waals surface area (Å²) in [7, 11) is 0. The Morgan fingerprint density at radius 3 is 2.44 bits per heavy atom. The number of nitrogens with one attached hydrogen (secondary N) is 4. The van der Waals surface area contributed by atoms with Gasteiger partial charge in [-0.05, 0) is 69.9 Å². The Labute approximate surface area is 360 Å². The number of hydrogen-bond donors (Lipinski definition) is 4. The van der Waals surface area contributed by atoms with Crippen molar-refractivity contribution in [2.75, 3.05) is 38.0 Å². The van der Waals surface area contributed by atoms with Crippen molar-refractivity contribution in [3.63, 3.8) is 0 Å². The van der Waals surface area contributed by atoms with Crippen LogP contribution >= 0.6 is 22.9 Å². The summed E-state index contributed by atoms with van der Waals surface area (Å²) in [5.74, 6) is -0.365. The highest BCUT2D eigenvalue weighted by Crippen LogP contribution is 2.38. The van der Waals surface area contributed by atoms with Crippen molar-refractivity contribution in [3.05, 3.63) is 91.8 Å². The Bertz CT molecular complexity index is 2460. The molecule has 4 aliphatic rings. The maximum absolute atomic E-state index is 13.3. The largest absolute Gasteiger partial charge is 0.340 e. The number of aromatic nitrogens is 3. The Hall–Kier alpha value is -5.82. The zero-order valence-electron chi connectivity index (χ0n) is 34.0. The number of hydrogen-bond acceptors (Lipinski definition) is 12. The predicted octanol–water partition coefficient (Wildman–Crippen LogP) is 3.48. The van der Waals surface area contributed by atoms with Gasteiger partial charge in [-0.15, -0.1) is 21.5 Å². The number of aryl methyl sites for hydroxylation is 2. The first-order valence-corrected chi connectivity index (χ1v) is 21.5. The molecule has 4 N–H and O–H groups in total. The van der Waals surface area contributed by atoms with Gasteiger partial charge in [0, 0.05) is 89.8 Å². The van der Waals surface area contributed by atoms with Crippen molar-refractivity contribution in [3.8, 4) is 5.00 Å². The maximum atomic E-state index is 13.3. The van der Waals surface area contributed by atoms with Gasteiger partial charge in [0.05, 0.1) is 12.3 Å². The fourth-order valence-corrected chi connectivity index (χ4v) is 9.52. The van der Waals surface area contributed by atoms with E-state index in [-0.39, 0.29) is 68.3 Å². The summed E-state index contributed by atoms with van der Waals surface area (Å²) in [6.45, 7) is 7.98. The molecule has 8 rings (SSSR count). The molecule has 17 nitrogen and oxygen atoms in total. The topological polar surface area (TPSA) is 203 Å². The van der Waals surface area contributed by atoms with Crippen LogP contribution in [0.5, 0.6) is 0 Å². The van der Waals surface area contributed by atoms with E-state index < -0.39 is 18.1 Å². The summed E-state index contributed by atoms with van der Waals surface area (Å²) >= 11 is 7.88. The average molecular weight is 868 g/mol. The van der Waals surface area contributed by atoms with Crippen LogP contribution in [-0.4, -0.2) is 109 Å². The number of fused-ring (bicyclic) bond motifs is 4. The number of unbranched alkanes of at least 4 members (excludes halogenated alkanes) is 1. The lowest BCUT2D eigenvalue weighted by Gasteiger charge is -2.34. The molecule has 2 fully saturated rings. The highest BCUT2D eigenvalue weighted by molar-refractivity contribution is 7.15. The van der Waals surface area contributed by atoms with Crippen LogP contribution in [0.15, 0.2) is 47.5 Å². The molecule has 0 saturated carbocycles. The molecule has 2 aromatic heterocycles. The molecule has 2 aromatic carbocycles. The summed E-state index contributed by atoms with van der Waals surface area (Å²) < 4.78 is 2.01. The third-order valence-corrected chi connectivity index (χ3v) is 13.0. The number of amides is 6. The van der Waals surface area contributed by atoms with Gasteiger partial charge < -0.3 is 15.1 Å². The van der Waals surface area contributed by atoms with Gasteiger partial charge in [-0.25, -0.2) is 5.01 Å². The molecule has 61 heavy (non-hydrogen) atoms. The van der Waals surface area contributed by atoms with Crippen LogP contribution in [0.1, 0.15) is 93.8 Å². The molecule has 6 heterocycles. The van der Waals surface area contributed by atoms with E-state index in [4.69, 9.17) is 16.6 Å². The first-order valence-electron chi connectivity index (χ1n) is 20.3. The standard InChI is InChI=1S/C42H46ClN11O6S/c1-23-24(2)61-42-36(23)37(26-11-13-27(43)14-12-26)47-38(39-49-48-25(3)54(39)42)44-21-34(57)50-52-19-17-51(18-20-52)35(58)10-5-4-9-32(55)45-30-8-6-7-28-29(30)22-53(41(28)60)31-15-16-33(56)46-40(31)59/h6-8,11-14,31,38,44H,4-5,9-10,15-22H2,1-3H3,(H,45,55)(H,50,57)(H,46,56,59)/t31?,38-/m1/s1. The minimum absolute atomic E-state index is 0.0120. The molecule has 0 spiro atoms. The normalized spacial score (nSPS) is 18.8. The van der Waals surface area contributed by atoms with E-state index in [0.29, 0.717) is 72.5 Å². The molecule has 0 radical (unpaired) electrons. The van der Waals surface area contributed by atoms with Gasteiger partial charge in [-0.2, -0.15) is 0 Å². The molecule has 2 saturated heterocycles. The number of piperazine rings is 1. The van der Waals surface area contributed by atoms with E-state index in [0.717, 1.165) is 32.3 Å². The Balaban J connectivity index is 0.787. The van der Waals surface area contributed by atoms with E-state index in [1.807, 2.05) is 40.8 Å². The Morgan fingerprint density at radius 1 is 0.934 bits per heavy atom. The van der Waals surface area contributed by atoms with Gasteiger partial charge in [-0.3, -0.25) is 54.4 Å². The van der Waals surface area contributed by atoms with E-state index in [9.17, 15) is 28.8 Å². The van der Waals surface area contributed by atoms with Gasteiger partial charge in [-0.1, -0.05) is 29.8 Å². The summed E-state index contributed by atoms with van der Waals surface area (Å²) in [6, 6.07) is 11.9. The summed E-state index contributed by atoms with van der Waals surface area (Å²) in [6.07, 6.45) is 1.24. The van der Waals surface area contributed by atoms with Gasteiger partial charge in [0.25, 0.3) is 5.91 Å². The quantitative estimate of drug-likeness (QED) is 0.121. The van der Waals surface area contributed by atoms with Crippen molar-refractivity contribution in [1.82, 2.24) is 45.6 Å². The van der Waals surface area contributed by atoms with E-state index in [2.05, 4.69) is 45.4 Å². The number of carbonyl (C=O) groups excluding carboxylic acids is 6. The molecule has 0 bridgehead atoms. The van der Waals surface area contributed by atoms with E-state index in [1.54, 1.807) is 34.4 Å². The number of piperidine rings is 1. The molecule has 6 amide bonds. The Kier molecular flexibility index (Phi) is 12.1. The molecular weight excluding hydrogens is 822 g/mol. The second-order valence-corrected chi connectivity index (χ2v) is 17.2. The first kappa shape index (κ1) is 41.9. The minimum Gasteiger partial charge on any atom is -0.340 e. The zero-order chi connectivity index (χ0) is 42.9. The second-order valence-electron chi connectivity index (χ2n) is 15.6. The molecule has 4 aliphatic heterocycles. The van der Waals surface area contributed by atoms with Crippen molar-refractivity contribution in [2.24, 2.45) is 4.99 Å². The number of rotatable bonds is 12. The number of aliphatic imine (C=N–C) groups is 1.